The summed E-state index contributed by atoms with van der Waals surface area (Å²) in [4.78, 5) is 4.98. The Morgan fingerprint density at radius 2 is 2.10 bits per heavy atom. The van der Waals surface area contributed by atoms with Gasteiger partial charge in [-0.3, -0.25) is 4.90 Å². The van der Waals surface area contributed by atoms with Crippen molar-refractivity contribution in [2.75, 3.05) is 24.5 Å². The molecule has 3 unspecified atom stereocenters. The summed E-state index contributed by atoms with van der Waals surface area (Å²) in [6, 6.07) is 6.08. The molecule has 2 aliphatic heterocycles. The van der Waals surface area contributed by atoms with Crippen molar-refractivity contribution in [3.05, 3.63) is 29.6 Å². The minimum atomic E-state index is -0.280. The maximum atomic E-state index is 14.2. The molecular formula is C17H26FN3. The first-order valence-corrected chi connectivity index (χ1v) is 8.12. The fourth-order valence-electron chi connectivity index (χ4n) is 3.91. The van der Waals surface area contributed by atoms with Crippen LogP contribution in [-0.2, 0) is 0 Å². The summed E-state index contributed by atoms with van der Waals surface area (Å²) < 4.78 is 14.2. The summed E-state index contributed by atoms with van der Waals surface area (Å²) in [6.45, 7) is 7.38. The molecule has 116 valence electrons. The largest absolute Gasteiger partial charge is 0.366 e. The number of piperazine rings is 1. The molecule has 21 heavy (non-hydrogen) atoms. The van der Waals surface area contributed by atoms with Crippen molar-refractivity contribution < 1.29 is 4.39 Å². The molecule has 0 saturated carbocycles. The van der Waals surface area contributed by atoms with Gasteiger partial charge in [-0.2, -0.15) is 0 Å². The van der Waals surface area contributed by atoms with E-state index in [9.17, 15) is 4.39 Å². The van der Waals surface area contributed by atoms with Crippen LogP contribution in [-0.4, -0.2) is 36.6 Å². The quantitative estimate of drug-likeness (QED) is 0.909. The molecule has 4 heteroatoms. The van der Waals surface area contributed by atoms with E-state index < -0.39 is 0 Å². The van der Waals surface area contributed by atoms with Gasteiger partial charge in [0, 0.05) is 42.5 Å². The Balaban J connectivity index is 1.91. The second-order valence-electron chi connectivity index (χ2n) is 6.61. The van der Waals surface area contributed by atoms with Crippen LogP contribution < -0.4 is 10.6 Å². The molecule has 2 fully saturated rings. The van der Waals surface area contributed by atoms with Crippen LogP contribution in [0.1, 0.15) is 44.7 Å². The van der Waals surface area contributed by atoms with Gasteiger partial charge in [-0.1, -0.05) is 12.5 Å². The maximum absolute atomic E-state index is 14.2. The van der Waals surface area contributed by atoms with Gasteiger partial charge in [0.25, 0.3) is 0 Å². The third-order valence-corrected chi connectivity index (χ3v) is 4.98. The van der Waals surface area contributed by atoms with Crippen LogP contribution in [0.15, 0.2) is 18.2 Å². The van der Waals surface area contributed by atoms with E-state index in [1.807, 2.05) is 13.0 Å². The Kier molecular flexibility index (Phi) is 4.18. The van der Waals surface area contributed by atoms with Crippen LogP contribution in [0.5, 0.6) is 0 Å². The van der Waals surface area contributed by atoms with Crippen molar-refractivity contribution in [2.24, 2.45) is 5.73 Å². The lowest BCUT2D eigenvalue weighted by molar-refractivity contribution is 0.115. The Morgan fingerprint density at radius 1 is 1.29 bits per heavy atom. The summed E-state index contributed by atoms with van der Waals surface area (Å²) in [6.07, 6.45) is 3.88. The Morgan fingerprint density at radius 3 is 2.86 bits per heavy atom. The minimum absolute atomic E-state index is 0.180. The molecule has 3 rings (SSSR count). The fourth-order valence-corrected chi connectivity index (χ4v) is 3.91. The second kappa shape index (κ2) is 5.93. The zero-order valence-corrected chi connectivity index (χ0v) is 13.1. The van der Waals surface area contributed by atoms with Gasteiger partial charge < -0.3 is 10.6 Å². The van der Waals surface area contributed by atoms with Gasteiger partial charge in [0.05, 0.1) is 0 Å². The monoisotopic (exact) mass is 291 g/mol. The predicted molar refractivity (Wildman–Crippen MR) is 85.0 cm³/mol. The number of hydrogen-bond donors (Lipinski definition) is 1. The highest BCUT2D eigenvalue weighted by Crippen LogP contribution is 2.33. The predicted octanol–water partition coefficient (Wildman–Crippen LogP) is 2.91. The smallest absolute Gasteiger partial charge is 0.130 e. The number of benzene rings is 1. The van der Waals surface area contributed by atoms with E-state index in [-0.39, 0.29) is 11.9 Å². The summed E-state index contributed by atoms with van der Waals surface area (Å²) >= 11 is 0. The fraction of sp³-hybridized carbons (Fsp3) is 0.647. The zero-order valence-electron chi connectivity index (χ0n) is 13.1. The number of halogens is 1. The molecule has 0 radical (unpaired) electrons. The number of hydrogen-bond acceptors (Lipinski definition) is 3. The third kappa shape index (κ3) is 2.79. The van der Waals surface area contributed by atoms with E-state index in [1.165, 1.54) is 31.9 Å². The van der Waals surface area contributed by atoms with Gasteiger partial charge in [0.15, 0.2) is 0 Å². The molecule has 0 aliphatic carbocycles. The molecule has 2 aliphatic rings. The van der Waals surface area contributed by atoms with Crippen molar-refractivity contribution in [3.63, 3.8) is 0 Å². The van der Waals surface area contributed by atoms with Gasteiger partial charge >= 0.3 is 0 Å². The topological polar surface area (TPSA) is 32.5 Å². The molecule has 2 saturated heterocycles. The molecule has 1 aromatic rings. The van der Waals surface area contributed by atoms with Crippen molar-refractivity contribution in [3.8, 4) is 0 Å². The van der Waals surface area contributed by atoms with E-state index in [0.29, 0.717) is 17.6 Å². The lowest BCUT2D eigenvalue weighted by Gasteiger charge is -2.49. The molecule has 0 spiro atoms. The number of anilines is 1. The average Bonchev–Trinajstić information content (AvgIpc) is 2.45. The Hall–Kier alpha value is -1.13. The van der Waals surface area contributed by atoms with E-state index >= 15 is 0 Å². The van der Waals surface area contributed by atoms with Gasteiger partial charge in [-0.25, -0.2) is 4.39 Å². The van der Waals surface area contributed by atoms with Crippen LogP contribution in [0.25, 0.3) is 0 Å². The number of nitrogens with zero attached hydrogens (tertiary/aromatic N) is 2. The summed E-state index contributed by atoms with van der Waals surface area (Å²) in [5.74, 6) is -0.180. The van der Waals surface area contributed by atoms with E-state index in [2.05, 4.69) is 16.7 Å². The van der Waals surface area contributed by atoms with Crippen molar-refractivity contribution >= 4 is 5.69 Å². The number of nitrogens with two attached hydrogens (primary N) is 1. The Labute approximate surface area is 126 Å². The molecule has 2 N–H and O–H groups in total. The van der Waals surface area contributed by atoms with Crippen molar-refractivity contribution in [1.82, 2.24) is 4.90 Å². The molecule has 2 heterocycles. The lowest BCUT2D eigenvalue weighted by atomic mass is 9.95. The second-order valence-corrected chi connectivity index (χ2v) is 6.61. The van der Waals surface area contributed by atoms with Crippen LogP contribution >= 0.6 is 0 Å². The molecule has 1 aromatic carbocycles. The van der Waals surface area contributed by atoms with Crippen LogP contribution in [0.2, 0.25) is 0 Å². The van der Waals surface area contributed by atoms with E-state index in [0.717, 1.165) is 18.8 Å². The van der Waals surface area contributed by atoms with E-state index in [1.54, 1.807) is 6.07 Å². The third-order valence-electron chi connectivity index (χ3n) is 4.98. The highest BCUT2D eigenvalue weighted by molar-refractivity contribution is 5.57. The number of fused-ring (bicyclic) bond motifs is 1. The number of piperidine rings is 1. The summed E-state index contributed by atoms with van der Waals surface area (Å²) in [5.41, 5.74) is 7.67. The van der Waals surface area contributed by atoms with Gasteiger partial charge in [-0.15, -0.1) is 0 Å². The standard InChI is InChI=1S/C17H26FN3/c1-12-10-20-9-4-3-6-14(20)11-21(12)16-8-5-7-15(18)17(16)13(2)19/h5,7-8,12-14H,3-4,6,9-11,19H2,1-2H3. The molecule has 3 atom stereocenters. The first-order chi connectivity index (χ1) is 10.1. The van der Waals surface area contributed by atoms with Gasteiger partial charge in [0.2, 0.25) is 0 Å². The molecule has 3 nitrogen and oxygen atoms in total. The minimum Gasteiger partial charge on any atom is -0.366 e. The normalized spacial score (nSPS) is 28.3. The van der Waals surface area contributed by atoms with Crippen LogP contribution in [0, 0.1) is 5.82 Å². The first-order valence-electron chi connectivity index (χ1n) is 8.12. The molecule has 0 bridgehead atoms. The molecule has 0 aromatic heterocycles. The SMILES string of the molecule is CC(N)c1c(F)cccc1N1CC2CCCCN2CC1C. The highest BCUT2D eigenvalue weighted by atomic mass is 19.1. The van der Waals surface area contributed by atoms with Crippen LogP contribution in [0.3, 0.4) is 0 Å². The lowest BCUT2D eigenvalue weighted by Crippen LogP contribution is -2.59. The van der Waals surface area contributed by atoms with Crippen molar-refractivity contribution in [1.29, 1.82) is 0 Å². The molecular weight excluding hydrogens is 265 g/mol. The maximum Gasteiger partial charge on any atom is 0.130 e. The zero-order chi connectivity index (χ0) is 15.0. The summed E-state index contributed by atoms with van der Waals surface area (Å²) in [7, 11) is 0. The van der Waals surface area contributed by atoms with E-state index in [4.69, 9.17) is 5.73 Å². The Bertz CT molecular complexity index is 503. The highest BCUT2D eigenvalue weighted by Gasteiger charge is 2.34. The molecule has 0 amide bonds. The average molecular weight is 291 g/mol. The number of rotatable bonds is 2. The van der Waals surface area contributed by atoms with Crippen molar-refractivity contribution in [2.45, 2.75) is 51.2 Å². The summed E-state index contributed by atoms with van der Waals surface area (Å²) in [5, 5.41) is 0. The van der Waals surface area contributed by atoms with Gasteiger partial charge in [-0.05, 0) is 45.4 Å². The van der Waals surface area contributed by atoms with Crippen LogP contribution in [0.4, 0.5) is 10.1 Å². The first kappa shape index (κ1) is 14.8. The van der Waals surface area contributed by atoms with Gasteiger partial charge in [0.1, 0.15) is 5.82 Å².